The molecule has 178 valence electrons. The minimum atomic E-state index is -0.0627. The predicted molar refractivity (Wildman–Crippen MR) is 127 cm³/mol. The van der Waals surface area contributed by atoms with E-state index in [-0.39, 0.29) is 11.8 Å². The molecule has 1 heterocycles. The Kier molecular flexibility index (Phi) is 8.58. The van der Waals surface area contributed by atoms with Crippen molar-refractivity contribution in [3.8, 4) is 17.2 Å². The molecule has 7 nitrogen and oxygen atoms in total. The summed E-state index contributed by atoms with van der Waals surface area (Å²) < 4.78 is 16.5. The Morgan fingerprint density at radius 1 is 0.879 bits per heavy atom. The SMILES string of the molecule is COc1ccc(C(=O)N2CCCN(C(=O)CCCOc3c(C)cccc3C)CC2)cc1OC. The summed E-state index contributed by atoms with van der Waals surface area (Å²) in [5.74, 6) is 2.07. The van der Waals surface area contributed by atoms with Crippen molar-refractivity contribution >= 4 is 11.8 Å². The molecular formula is C26H34N2O5. The smallest absolute Gasteiger partial charge is 0.254 e. The lowest BCUT2D eigenvalue weighted by atomic mass is 10.1. The van der Waals surface area contributed by atoms with Crippen LogP contribution in [0.1, 0.15) is 40.7 Å². The first-order valence-electron chi connectivity index (χ1n) is 11.4. The number of amides is 2. The highest BCUT2D eigenvalue weighted by Gasteiger charge is 2.23. The van der Waals surface area contributed by atoms with Gasteiger partial charge in [0.15, 0.2) is 11.5 Å². The molecule has 0 radical (unpaired) electrons. The lowest BCUT2D eigenvalue weighted by molar-refractivity contribution is -0.131. The average molecular weight is 455 g/mol. The van der Waals surface area contributed by atoms with Gasteiger partial charge in [0.1, 0.15) is 5.75 Å². The number of para-hydroxylation sites is 1. The zero-order valence-electron chi connectivity index (χ0n) is 20.1. The third kappa shape index (κ3) is 6.18. The Hall–Kier alpha value is -3.22. The van der Waals surface area contributed by atoms with E-state index in [9.17, 15) is 9.59 Å². The number of ether oxygens (including phenoxy) is 3. The summed E-state index contributed by atoms with van der Waals surface area (Å²) >= 11 is 0. The fourth-order valence-corrected chi connectivity index (χ4v) is 4.10. The van der Waals surface area contributed by atoms with Gasteiger partial charge in [-0.2, -0.15) is 0 Å². The zero-order chi connectivity index (χ0) is 23.8. The molecule has 7 heteroatoms. The number of hydrogen-bond acceptors (Lipinski definition) is 5. The Labute approximate surface area is 196 Å². The number of hydrogen-bond donors (Lipinski definition) is 0. The molecule has 0 spiro atoms. The number of rotatable bonds is 8. The number of benzene rings is 2. The molecule has 2 aromatic rings. The molecule has 3 rings (SSSR count). The molecule has 2 aromatic carbocycles. The topological polar surface area (TPSA) is 68.3 Å². The normalized spacial score (nSPS) is 13.9. The largest absolute Gasteiger partial charge is 0.493 e. The molecule has 1 aliphatic rings. The van der Waals surface area contributed by atoms with Gasteiger partial charge in [-0.25, -0.2) is 0 Å². The van der Waals surface area contributed by atoms with Crippen molar-refractivity contribution in [3.63, 3.8) is 0 Å². The van der Waals surface area contributed by atoms with Crippen LogP contribution in [0.4, 0.5) is 0 Å². The Bertz CT molecular complexity index is 955. The summed E-state index contributed by atoms with van der Waals surface area (Å²) in [4.78, 5) is 29.4. The van der Waals surface area contributed by atoms with Crippen molar-refractivity contribution in [3.05, 3.63) is 53.1 Å². The molecular weight excluding hydrogens is 420 g/mol. The minimum Gasteiger partial charge on any atom is -0.493 e. The van der Waals surface area contributed by atoms with E-state index in [2.05, 4.69) is 0 Å². The predicted octanol–water partition coefficient (Wildman–Crippen LogP) is 3.85. The van der Waals surface area contributed by atoms with E-state index in [1.807, 2.05) is 36.9 Å². The molecule has 33 heavy (non-hydrogen) atoms. The average Bonchev–Trinajstić information content (AvgIpc) is 3.08. The Balaban J connectivity index is 1.49. The Morgan fingerprint density at radius 2 is 1.55 bits per heavy atom. The maximum Gasteiger partial charge on any atom is 0.254 e. The van der Waals surface area contributed by atoms with E-state index in [0.29, 0.717) is 62.7 Å². The van der Waals surface area contributed by atoms with E-state index in [1.54, 1.807) is 37.3 Å². The quantitative estimate of drug-likeness (QED) is 0.567. The van der Waals surface area contributed by atoms with Gasteiger partial charge in [-0.15, -0.1) is 0 Å². The first-order valence-corrected chi connectivity index (χ1v) is 11.4. The summed E-state index contributed by atoms with van der Waals surface area (Å²) in [5, 5.41) is 0. The number of methoxy groups -OCH3 is 2. The fourth-order valence-electron chi connectivity index (χ4n) is 4.10. The summed E-state index contributed by atoms with van der Waals surface area (Å²) in [5.41, 5.74) is 2.76. The first kappa shape index (κ1) is 24.4. The molecule has 0 N–H and O–H groups in total. The van der Waals surface area contributed by atoms with Crippen LogP contribution in [0.15, 0.2) is 36.4 Å². The molecule has 1 aliphatic heterocycles. The highest BCUT2D eigenvalue weighted by molar-refractivity contribution is 5.95. The standard InChI is InChI=1S/C26H34N2O5/c1-19-8-5-9-20(2)25(19)33-17-6-10-24(29)27-13-7-14-28(16-15-27)26(30)21-11-12-22(31-3)23(18-21)32-4/h5,8-9,11-12,18H,6-7,10,13-17H2,1-4H3. The lowest BCUT2D eigenvalue weighted by Gasteiger charge is -2.22. The summed E-state index contributed by atoms with van der Waals surface area (Å²) in [6, 6.07) is 11.2. The summed E-state index contributed by atoms with van der Waals surface area (Å²) in [7, 11) is 3.12. The van der Waals surface area contributed by atoms with Crippen LogP contribution in [0.3, 0.4) is 0 Å². The van der Waals surface area contributed by atoms with Crippen molar-refractivity contribution in [2.45, 2.75) is 33.1 Å². The third-order valence-electron chi connectivity index (χ3n) is 5.96. The van der Waals surface area contributed by atoms with Crippen LogP contribution in [0, 0.1) is 13.8 Å². The molecule has 0 aromatic heterocycles. The van der Waals surface area contributed by atoms with Crippen molar-refractivity contribution in [1.82, 2.24) is 9.80 Å². The van der Waals surface area contributed by atoms with Crippen molar-refractivity contribution < 1.29 is 23.8 Å². The van der Waals surface area contributed by atoms with E-state index >= 15 is 0 Å². The molecule has 0 aliphatic carbocycles. The van der Waals surface area contributed by atoms with Gasteiger partial charge in [-0.05, 0) is 56.0 Å². The molecule has 0 unspecified atom stereocenters. The van der Waals surface area contributed by atoms with Crippen molar-refractivity contribution in [1.29, 1.82) is 0 Å². The second kappa shape index (κ2) is 11.6. The van der Waals surface area contributed by atoms with E-state index in [4.69, 9.17) is 14.2 Å². The molecule has 2 amide bonds. The second-order valence-electron chi connectivity index (χ2n) is 8.27. The highest BCUT2D eigenvalue weighted by atomic mass is 16.5. The van der Waals surface area contributed by atoms with Crippen molar-refractivity contribution in [2.75, 3.05) is 47.0 Å². The van der Waals surface area contributed by atoms with Crippen LogP contribution in [0.25, 0.3) is 0 Å². The van der Waals surface area contributed by atoms with E-state index in [0.717, 1.165) is 23.3 Å². The van der Waals surface area contributed by atoms with Crippen LogP contribution < -0.4 is 14.2 Å². The van der Waals surface area contributed by atoms with Crippen molar-refractivity contribution in [2.24, 2.45) is 0 Å². The van der Waals surface area contributed by atoms with E-state index in [1.165, 1.54) is 0 Å². The van der Waals surface area contributed by atoms with Gasteiger partial charge in [-0.1, -0.05) is 18.2 Å². The van der Waals surface area contributed by atoms with Gasteiger partial charge >= 0.3 is 0 Å². The monoisotopic (exact) mass is 454 g/mol. The molecule has 1 fully saturated rings. The van der Waals surface area contributed by atoms with Crippen LogP contribution >= 0.6 is 0 Å². The number of aryl methyl sites for hydroxylation is 2. The van der Waals surface area contributed by atoms with Gasteiger partial charge < -0.3 is 24.0 Å². The van der Waals surface area contributed by atoms with Gasteiger partial charge in [-0.3, -0.25) is 9.59 Å². The maximum absolute atomic E-state index is 13.0. The number of nitrogens with zero attached hydrogens (tertiary/aromatic N) is 2. The molecule has 1 saturated heterocycles. The van der Waals surface area contributed by atoms with Gasteiger partial charge in [0.05, 0.1) is 20.8 Å². The molecule has 0 saturated carbocycles. The van der Waals surface area contributed by atoms with Crippen LogP contribution in [-0.4, -0.2) is 68.6 Å². The summed E-state index contributed by atoms with van der Waals surface area (Å²) in [6.45, 7) is 6.89. The van der Waals surface area contributed by atoms with Gasteiger partial charge in [0.25, 0.3) is 5.91 Å². The molecule has 0 bridgehead atoms. The summed E-state index contributed by atoms with van der Waals surface area (Å²) in [6.07, 6.45) is 1.86. The van der Waals surface area contributed by atoms with Crippen LogP contribution in [0.5, 0.6) is 17.2 Å². The number of carbonyl (C=O) groups excluding carboxylic acids is 2. The highest BCUT2D eigenvalue weighted by Crippen LogP contribution is 2.28. The number of carbonyl (C=O) groups is 2. The lowest BCUT2D eigenvalue weighted by Crippen LogP contribution is -2.37. The molecule has 0 atom stereocenters. The van der Waals surface area contributed by atoms with Gasteiger partial charge in [0.2, 0.25) is 5.91 Å². The third-order valence-corrected chi connectivity index (χ3v) is 5.96. The first-order chi connectivity index (χ1) is 15.9. The van der Waals surface area contributed by atoms with Crippen LogP contribution in [-0.2, 0) is 4.79 Å². The Morgan fingerprint density at radius 3 is 2.24 bits per heavy atom. The zero-order valence-corrected chi connectivity index (χ0v) is 20.1. The minimum absolute atomic E-state index is 0.0627. The van der Waals surface area contributed by atoms with Crippen LogP contribution in [0.2, 0.25) is 0 Å². The van der Waals surface area contributed by atoms with Gasteiger partial charge in [0, 0.05) is 38.2 Å². The maximum atomic E-state index is 13.0. The fraction of sp³-hybridized carbons (Fsp3) is 0.462. The van der Waals surface area contributed by atoms with E-state index < -0.39 is 0 Å². The second-order valence-corrected chi connectivity index (χ2v) is 8.27.